The van der Waals surface area contributed by atoms with Crippen LogP contribution < -0.4 is 5.32 Å². The Labute approximate surface area is 97.7 Å². The Morgan fingerprint density at radius 1 is 1.31 bits per heavy atom. The molecule has 1 aliphatic carbocycles. The van der Waals surface area contributed by atoms with Gasteiger partial charge in [-0.15, -0.1) is 0 Å². The third-order valence-corrected chi connectivity index (χ3v) is 3.41. The van der Waals surface area contributed by atoms with Crippen LogP contribution in [0.25, 0.3) is 0 Å². The first-order valence-electron chi connectivity index (χ1n) is 6.27. The van der Waals surface area contributed by atoms with Crippen molar-refractivity contribution in [2.75, 3.05) is 13.2 Å². The molecule has 16 heavy (non-hydrogen) atoms. The highest BCUT2D eigenvalue weighted by molar-refractivity contribution is 5.36. The zero-order valence-corrected chi connectivity index (χ0v) is 10.00. The first kappa shape index (κ1) is 11.6. The van der Waals surface area contributed by atoms with Crippen molar-refractivity contribution in [2.45, 2.75) is 38.6 Å². The normalized spacial score (nSPS) is 16.1. The predicted octanol–water partition coefficient (Wildman–Crippen LogP) is 2.21. The first-order valence-corrected chi connectivity index (χ1v) is 6.27. The van der Waals surface area contributed by atoms with Crippen molar-refractivity contribution in [3.63, 3.8) is 0 Å². The van der Waals surface area contributed by atoms with Crippen LogP contribution >= 0.6 is 0 Å². The van der Waals surface area contributed by atoms with Crippen LogP contribution in [0.1, 0.15) is 42.5 Å². The monoisotopic (exact) mass is 219 g/mol. The minimum Gasteiger partial charge on any atom is -0.396 e. The molecule has 0 bridgehead atoms. The third kappa shape index (κ3) is 2.63. The Morgan fingerprint density at radius 2 is 2.12 bits per heavy atom. The van der Waals surface area contributed by atoms with Crippen molar-refractivity contribution >= 4 is 0 Å². The molecule has 0 heterocycles. The molecule has 1 aromatic carbocycles. The van der Waals surface area contributed by atoms with Crippen LogP contribution in [-0.4, -0.2) is 18.3 Å². The summed E-state index contributed by atoms with van der Waals surface area (Å²) < 4.78 is 0. The van der Waals surface area contributed by atoms with E-state index in [0.717, 1.165) is 13.0 Å². The number of hydrogen-bond acceptors (Lipinski definition) is 2. The number of nitrogens with one attached hydrogen (secondary N) is 1. The van der Waals surface area contributed by atoms with E-state index >= 15 is 0 Å². The molecule has 0 aromatic heterocycles. The number of rotatable bonds is 5. The lowest BCUT2D eigenvalue weighted by Crippen LogP contribution is -2.20. The van der Waals surface area contributed by atoms with E-state index in [9.17, 15) is 0 Å². The molecule has 2 rings (SSSR count). The van der Waals surface area contributed by atoms with E-state index in [-0.39, 0.29) is 6.61 Å². The molecule has 0 saturated carbocycles. The quantitative estimate of drug-likeness (QED) is 0.744. The first-order chi connectivity index (χ1) is 7.81. The molecule has 2 nitrogen and oxygen atoms in total. The summed E-state index contributed by atoms with van der Waals surface area (Å²) in [7, 11) is 0. The van der Waals surface area contributed by atoms with Crippen molar-refractivity contribution in [2.24, 2.45) is 0 Å². The van der Waals surface area contributed by atoms with Gasteiger partial charge in [0.15, 0.2) is 0 Å². The second-order valence-corrected chi connectivity index (χ2v) is 4.63. The second-order valence-electron chi connectivity index (χ2n) is 4.63. The molecular formula is C14H21NO. The Kier molecular flexibility index (Phi) is 3.97. The largest absolute Gasteiger partial charge is 0.396 e. The molecule has 2 N–H and O–H groups in total. The summed E-state index contributed by atoms with van der Waals surface area (Å²) >= 11 is 0. The number of benzene rings is 1. The van der Waals surface area contributed by atoms with Crippen molar-refractivity contribution in [1.82, 2.24) is 5.32 Å². The Bertz CT molecular complexity index is 349. The van der Waals surface area contributed by atoms with E-state index in [4.69, 9.17) is 5.11 Å². The van der Waals surface area contributed by atoms with Gasteiger partial charge in [0.2, 0.25) is 0 Å². The fourth-order valence-corrected chi connectivity index (χ4v) is 2.38. The highest BCUT2D eigenvalue weighted by atomic mass is 16.3. The van der Waals surface area contributed by atoms with Gasteiger partial charge in [-0.1, -0.05) is 18.2 Å². The van der Waals surface area contributed by atoms with Crippen molar-refractivity contribution in [3.05, 3.63) is 34.9 Å². The summed E-state index contributed by atoms with van der Waals surface area (Å²) in [5.74, 6) is 0. The molecule has 2 heteroatoms. The standard InChI is InChI=1S/C14H21NO/c1-11(15-8-3-9-16)13-7-6-12-4-2-5-14(12)10-13/h6-7,10-11,15-16H,2-5,8-9H2,1H3. The highest BCUT2D eigenvalue weighted by Crippen LogP contribution is 2.25. The molecule has 0 saturated heterocycles. The Balaban J connectivity index is 1.98. The van der Waals surface area contributed by atoms with E-state index in [1.807, 2.05) is 0 Å². The maximum Gasteiger partial charge on any atom is 0.0443 e. The summed E-state index contributed by atoms with van der Waals surface area (Å²) in [5, 5.41) is 12.2. The van der Waals surface area contributed by atoms with Gasteiger partial charge in [0, 0.05) is 12.6 Å². The fourth-order valence-electron chi connectivity index (χ4n) is 2.38. The predicted molar refractivity (Wildman–Crippen MR) is 66.6 cm³/mol. The van der Waals surface area contributed by atoms with E-state index in [1.54, 1.807) is 0 Å². The number of fused-ring (bicyclic) bond motifs is 1. The lowest BCUT2D eigenvalue weighted by molar-refractivity contribution is 0.284. The smallest absolute Gasteiger partial charge is 0.0443 e. The highest BCUT2D eigenvalue weighted by Gasteiger charge is 2.12. The number of aliphatic hydroxyl groups is 1. The van der Waals surface area contributed by atoms with E-state index in [2.05, 4.69) is 30.4 Å². The summed E-state index contributed by atoms with van der Waals surface area (Å²) in [6.07, 6.45) is 4.63. The van der Waals surface area contributed by atoms with Crippen molar-refractivity contribution < 1.29 is 5.11 Å². The van der Waals surface area contributed by atoms with Gasteiger partial charge in [-0.05, 0) is 55.8 Å². The minimum atomic E-state index is 0.268. The molecule has 1 aromatic rings. The summed E-state index contributed by atoms with van der Waals surface area (Å²) in [6, 6.07) is 7.25. The van der Waals surface area contributed by atoms with Gasteiger partial charge in [0.25, 0.3) is 0 Å². The molecular weight excluding hydrogens is 198 g/mol. The Morgan fingerprint density at radius 3 is 2.94 bits per heavy atom. The van der Waals surface area contributed by atoms with Crippen molar-refractivity contribution in [3.8, 4) is 0 Å². The maximum atomic E-state index is 8.74. The number of aliphatic hydroxyl groups excluding tert-OH is 1. The van der Waals surface area contributed by atoms with Crippen LogP contribution in [-0.2, 0) is 12.8 Å². The van der Waals surface area contributed by atoms with Gasteiger partial charge in [-0.3, -0.25) is 0 Å². The molecule has 0 radical (unpaired) electrons. The minimum absolute atomic E-state index is 0.268. The van der Waals surface area contributed by atoms with Crippen LogP contribution in [0.15, 0.2) is 18.2 Å². The zero-order chi connectivity index (χ0) is 11.4. The van der Waals surface area contributed by atoms with Gasteiger partial charge in [0.1, 0.15) is 0 Å². The van der Waals surface area contributed by atoms with Crippen LogP contribution in [0.4, 0.5) is 0 Å². The van der Waals surface area contributed by atoms with Crippen molar-refractivity contribution in [1.29, 1.82) is 0 Å². The van der Waals surface area contributed by atoms with E-state index in [1.165, 1.54) is 36.0 Å². The van der Waals surface area contributed by atoms with Gasteiger partial charge in [-0.2, -0.15) is 0 Å². The lowest BCUT2D eigenvalue weighted by Gasteiger charge is -2.15. The van der Waals surface area contributed by atoms with Gasteiger partial charge in [0.05, 0.1) is 0 Å². The van der Waals surface area contributed by atoms with Gasteiger partial charge >= 0.3 is 0 Å². The Hall–Kier alpha value is -0.860. The van der Waals surface area contributed by atoms with E-state index < -0.39 is 0 Å². The van der Waals surface area contributed by atoms with E-state index in [0.29, 0.717) is 6.04 Å². The average Bonchev–Trinajstić information content (AvgIpc) is 2.76. The van der Waals surface area contributed by atoms with Crippen LogP contribution in [0.3, 0.4) is 0 Å². The molecule has 0 aliphatic heterocycles. The molecule has 1 atom stereocenters. The molecule has 1 aliphatic rings. The van der Waals surface area contributed by atoms with Gasteiger partial charge < -0.3 is 10.4 Å². The molecule has 0 fully saturated rings. The maximum absolute atomic E-state index is 8.74. The zero-order valence-electron chi connectivity index (χ0n) is 10.00. The van der Waals surface area contributed by atoms with Gasteiger partial charge in [-0.25, -0.2) is 0 Å². The fraction of sp³-hybridized carbons (Fsp3) is 0.571. The molecule has 1 unspecified atom stereocenters. The summed E-state index contributed by atoms with van der Waals surface area (Å²) in [5.41, 5.74) is 4.44. The molecule has 0 amide bonds. The molecule has 88 valence electrons. The van der Waals surface area contributed by atoms with Crippen LogP contribution in [0.5, 0.6) is 0 Å². The summed E-state index contributed by atoms with van der Waals surface area (Å²) in [4.78, 5) is 0. The summed E-state index contributed by atoms with van der Waals surface area (Å²) in [6.45, 7) is 3.34. The average molecular weight is 219 g/mol. The topological polar surface area (TPSA) is 32.3 Å². The second kappa shape index (κ2) is 5.46. The van der Waals surface area contributed by atoms with Crippen LogP contribution in [0, 0.1) is 0 Å². The molecule has 0 spiro atoms. The SMILES string of the molecule is CC(NCCCO)c1ccc2c(c1)CCC2. The third-order valence-electron chi connectivity index (χ3n) is 3.41. The number of aryl methyl sites for hydroxylation is 2. The van der Waals surface area contributed by atoms with Crippen LogP contribution in [0.2, 0.25) is 0 Å². The number of hydrogen-bond donors (Lipinski definition) is 2. The lowest BCUT2D eigenvalue weighted by atomic mass is 10.0.